The van der Waals surface area contributed by atoms with E-state index < -0.39 is 0 Å². The fourth-order valence-electron chi connectivity index (χ4n) is 3.65. The molecule has 0 amide bonds. The minimum Gasteiger partial charge on any atom is -0.330 e. The Hall–Kier alpha value is -0.830. The van der Waals surface area contributed by atoms with Crippen LogP contribution in [0.25, 0.3) is 0 Å². The van der Waals surface area contributed by atoms with Crippen molar-refractivity contribution in [3.63, 3.8) is 0 Å². The summed E-state index contributed by atoms with van der Waals surface area (Å²) < 4.78 is 2.46. The molecule has 1 saturated carbocycles. The Balaban J connectivity index is 2.19. The predicted octanol–water partition coefficient (Wildman–Crippen LogP) is 3.81. The van der Waals surface area contributed by atoms with Gasteiger partial charge in [-0.1, -0.05) is 27.7 Å². The molecule has 0 aromatic carbocycles. The van der Waals surface area contributed by atoms with Gasteiger partial charge in [-0.25, -0.2) is 4.98 Å². The average molecular weight is 277 g/mol. The number of nitrogens with one attached hydrogen (secondary N) is 1. The Bertz CT molecular complexity index is 397. The number of aryl methyl sites for hydroxylation is 1. The minimum atomic E-state index is 0.583. The summed E-state index contributed by atoms with van der Waals surface area (Å²) in [7, 11) is 0. The van der Waals surface area contributed by atoms with Gasteiger partial charge in [0.2, 0.25) is 0 Å². The Morgan fingerprint density at radius 3 is 2.80 bits per heavy atom. The summed E-state index contributed by atoms with van der Waals surface area (Å²) in [5.41, 5.74) is 0. The maximum atomic E-state index is 4.58. The van der Waals surface area contributed by atoms with Gasteiger partial charge >= 0.3 is 0 Å². The number of aromatic nitrogens is 2. The number of hydrogen-bond donors (Lipinski definition) is 1. The van der Waals surface area contributed by atoms with Crippen molar-refractivity contribution in [2.24, 2.45) is 11.8 Å². The molecule has 0 aliphatic heterocycles. The first-order valence-electron chi connectivity index (χ1n) is 8.42. The van der Waals surface area contributed by atoms with Crippen molar-refractivity contribution in [3.8, 4) is 0 Å². The second-order valence-corrected chi connectivity index (χ2v) is 6.55. The second kappa shape index (κ2) is 7.26. The molecule has 3 atom stereocenters. The molecule has 3 nitrogen and oxygen atoms in total. The van der Waals surface area contributed by atoms with Crippen molar-refractivity contribution in [3.05, 3.63) is 18.2 Å². The highest BCUT2D eigenvalue weighted by molar-refractivity contribution is 5.00. The van der Waals surface area contributed by atoms with Gasteiger partial charge in [-0.05, 0) is 44.1 Å². The van der Waals surface area contributed by atoms with Gasteiger partial charge in [-0.2, -0.15) is 0 Å². The SMILES string of the molecule is CCCc1nccn1C1CC(C(C)C)CCC1NCC. The molecule has 20 heavy (non-hydrogen) atoms. The lowest BCUT2D eigenvalue weighted by Crippen LogP contribution is -2.42. The normalized spacial score (nSPS) is 27.1. The maximum Gasteiger partial charge on any atom is 0.108 e. The first kappa shape index (κ1) is 15.6. The molecule has 1 heterocycles. The van der Waals surface area contributed by atoms with Crippen LogP contribution in [-0.2, 0) is 6.42 Å². The topological polar surface area (TPSA) is 29.9 Å². The van der Waals surface area contributed by atoms with Crippen molar-refractivity contribution >= 4 is 0 Å². The van der Waals surface area contributed by atoms with E-state index >= 15 is 0 Å². The van der Waals surface area contributed by atoms with Crippen LogP contribution < -0.4 is 5.32 Å². The van der Waals surface area contributed by atoms with Crippen molar-refractivity contribution in [2.45, 2.75) is 71.9 Å². The zero-order valence-electron chi connectivity index (χ0n) is 13.6. The van der Waals surface area contributed by atoms with E-state index in [1.54, 1.807) is 0 Å². The van der Waals surface area contributed by atoms with Gasteiger partial charge in [-0.3, -0.25) is 0 Å². The van der Waals surface area contributed by atoms with Gasteiger partial charge in [0.15, 0.2) is 0 Å². The molecule has 2 rings (SSSR count). The van der Waals surface area contributed by atoms with Crippen molar-refractivity contribution in [1.29, 1.82) is 0 Å². The molecule has 3 unspecified atom stereocenters. The molecule has 1 fully saturated rings. The molecule has 114 valence electrons. The fourth-order valence-corrected chi connectivity index (χ4v) is 3.65. The Morgan fingerprint density at radius 2 is 2.15 bits per heavy atom. The summed E-state index contributed by atoms with van der Waals surface area (Å²) in [5, 5.41) is 3.70. The number of hydrogen-bond acceptors (Lipinski definition) is 2. The Labute approximate surface area is 124 Å². The summed E-state index contributed by atoms with van der Waals surface area (Å²) in [6, 6.07) is 1.19. The van der Waals surface area contributed by atoms with Gasteiger partial charge < -0.3 is 9.88 Å². The highest BCUT2D eigenvalue weighted by Gasteiger charge is 2.33. The summed E-state index contributed by atoms with van der Waals surface area (Å²) in [6.45, 7) is 10.3. The summed E-state index contributed by atoms with van der Waals surface area (Å²) >= 11 is 0. The van der Waals surface area contributed by atoms with Crippen LogP contribution in [0.5, 0.6) is 0 Å². The highest BCUT2D eigenvalue weighted by Crippen LogP contribution is 2.37. The van der Waals surface area contributed by atoms with Crippen LogP contribution in [0.1, 0.15) is 65.2 Å². The van der Waals surface area contributed by atoms with Crippen LogP contribution >= 0.6 is 0 Å². The van der Waals surface area contributed by atoms with Crippen molar-refractivity contribution in [2.75, 3.05) is 6.54 Å². The third kappa shape index (κ3) is 3.43. The average Bonchev–Trinajstić information content (AvgIpc) is 2.88. The molecule has 0 bridgehead atoms. The fraction of sp³-hybridized carbons (Fsp3) is 0.824. The van der Waals surface area contributed by atoms with E-state index in [-0.39, 0.29) is 0 Å². The standard InChI is InChI=1S/C17H31N3/c1-5-7-17-19-10-11-20(17)16-12-14(13(3)4)8-9-15(16)18-6-2/h10-11,13-16,18H,5-9,12H2,1-4H3. The molecular formula is C17H31N3. The van der Waals surface area contributed by atoms with E-state index in [2.05, 4.69) is 48.8 Å². The number of imidazole rings is 1. The second-order valence-electron chi connectivity index (χ2n) is 6.55. The Morgan fingerprint density at radius 1 is 1.35 bits per heavy atom. The molecule has 1 aromatic rings. The van der Waals surface area contributed by atoms with Gasteiger partial charge in [0, 0.05) is 24.9 Å². The number of likely N-dealkylation sites (N-methyl/N-ethyl adjacent to an activating group) is 1. The number of rotatable bonds is 6. The lowest BCUT2D eigenvalue weighted by Gasteiger charge is -2.39. The van der Waals surface area contributed by atoms with Gasteiger partial charge in [0.1, 0.15) is 5.82 Å². The summed E-state index contributed by atoms with van der Waals surface area (Å²) in [5.74, 6) is 2.91. The van der Waals surface area contributed by atoms with Gasteiger partial charge in [0.05, 0.1) is 6.04 Å². The summed E-state index contributed by atoms with van der Waals surface area (Å²) in [6.07, 6.45) is 10.4. The Kier molecular flexibility index (Phi) is 5.64. The molecular weight excluding hydrogens is 246 g/mol. The van der Waals surface area contributed by atoms with Crippen molar-refractivity contribution in [1.82, 2.24) is 14.9 Å². The third-order valence-corrected chi connectivity index (χ3v) is 4.85. The summed E-state index contributed by atoms with van der Waals surface area (Å²) in [4.78, 5) is 4.58. The third-order valence-electron chi connectivity index (χ3n) is 4.85. The first-order chi connectivity index (χ1) is 9.67. The molecule has 1 aromatic heterocycles. The van der Waals surface area contributed by atoms with E-state index in [1.807, 2.05) is 6.20 Å². The van der Waals surface area contributed by atoms with Crippen LogP contribution in [0.4, 0.5) is 0 Å². The molecule has 1 aliphatic carbocycles. The quantitative estimate of drug-likeness (QED) is 0.857. The van der Waals surface area contributed by atoms with Crippen LogP contribution in [0.2, 0.25) is 0 Å². The maximum absolute atomic E-state index is 4.58. The minimum absolute atomic E-state index is 0.583. The van der Waals surface area contributed by atoms with E-state index in [4.69, 9.17) is 0 Å². The largest absolute Gasteiger partial charge is 0.330 e. The molecule has 1 N–H and O–H groups in total. The highest BCUT2D eigenvalue weighted by atomic mass is 15.1. The van der Waals surface area contributed by atoms with E-state index in [0.717, 1.165) is 24.8 Å². The zero-order chi connectivity index (χ0) is 14.5. The molecule has 3 heteroatoms. The van der Waals surface area contributed by atoms with Crippen LogP contribution in [0.3, 0.4) is 0 Å². The predicted molar refractivity (Wildman–Crippen MR) is 84.9 cm³/mol. The molecule has 1 aliphatic rings. The number of nitrogens with zero attached hydrogens (tertiary/aromatic N) is 2. The van der Waals surface area contributed by atoms with E-state index in [9.17, 15) is 0 Å². The van der Waals surface area contributed by atoms with E-state index in [1.165, 1.54) is 31.5 Å². The lowest BCUT2D eigenvalue weighted by atomic mass is 9.76. The zero-order valence-corrected chi connectivity index (χ0v) is 13.6. The smallest absolute Gasteiger partial charge is 0.108 e. The van der Waals surface area contributed by atoms with Gasteiger partial charge in [0.25, 0.3) is 0 Å². The monoisotopic (exact) mass is 277 g/mol. The molecule has 0 saturated heterocycles. The molecule has 0 radical (unpaired) electrons. The van der Waals surface area contributed by atoms with Crippen LogP contribution in [0.15, 0.2) is 12.4 Å². The van der Waals surface area contributed by atoms with Gasteiger partial charge in [-0.15, -0.1) is 0 Å². The van der Waals surface area contributed by atoms with E-state index in [0.29, 0.717) is 12.1 Å². The van der Waals surface area contributed by atoms with Crippen LogP contribution in [0, 0.1) is 11.8 Å². The first-order valence-corrected chi connectivity index (χ1v) is 8.42. The van der Waals surface area contributed by atoms with Crippen LogP contribution in [-0.4, -0.2) is 22.1 Å². The van der Waals surface area contributed by atoms with Crippen molar-refractivity contribution < 1.29 is 0 Å². The lowest BCUT2D eigenvalue weighted by molar-refractivity contribution is 0.170. The molecule has 0 spiro atoms.